The maximum atomic E-state index is 10.4. The Hall–Kier alpha value is -0.590. The van der Waals surface area contributed by atoms with Crippen LogP contribution in [0.15, 0.2) is 10.5 Å². The fourth-order valence-corrected chi connectivity index (χ4v) is 2.23. The van der Waals surface area contributed by atoms with E-state index in [1.54, 1.807) is 0 Å². The Morgan fingerprint density at radius 1 is 1.83 bits per heavy atom. The third-order valence-corrected chi connectivity index (χ3v) is 3.21. The third kappa shape index (κ3) is 2.47. The summed E-state index contributed by atoms with van der Waals surface area (Å²) >= 11 is 2.66. The number of carboxylic acids is 1. The van der Waals surface area contributed by atoms with E-state index in [1.807, 2.05) is 0 Å². The summed E-state index contributed by atoms with van der Waals surface area (Å²) in [4.78, 5) is 14.6. The van der Waals surface area contributed by atoms with Gasteiger partial charge in [-0.25, -0.2) is 9.78 Å². The topological polar surface area (TPSA) is 76.2 Å². The Bertz CT molecular complexity index is 274. The van der Waals surface area contributed by atoms with Crippen molar-refractivity contribution in [3.8, 4) is 0 Å². The lowest BCUT2D eigenvalue weighted by molar-refractivity contribution is 0.0702. The van der Waals surface area contributed by atoms with Gasteiger partial charge in [-0.05, 0) is 0 Å². The molecule has 0 saturated heterocycles. The smallest absolute Gasteiger partial charge is 0.347 e. The number of thiazole rings is 1. The molecule has 1 rings (SSSR count). The van der Waals surface area contributed by atoms with Gasteiger partial charge in [-0.15, -0.1) is 11.3 Å². The van der Waals surface area contributed by atoms with Crippen LogP contribution in [-0.4, -0.2) is 28.4 Å². The molecule has 0 fully saturated rings. The van der Waals surface area contributed by atoms with E-state index < -0.39 is 5.97 Å². The Kier molecular flexibility index (Phi) is 3.51. The highest BCUT2D eigenvalue weighted by Gasteiger charge is 2.07. The van der Waals surface area contributed by atoms with Crippen LogP contribution in [0.5, 0.6) is 0 Å². The van der Waals surface area contributed by atoms with E-state index in [-0.39, 0.29) is 4.88 Å². The van der Waals surface area contributed by atoms with Crippen molar-refractivity contribution in [2.75, 3.05) is 12.3 Å². The molecular weight excluding hydrogens is 196 g/mol. The first-order chi connectivity index (χ1) is 5.74. The van der Waals surface area contributed by atoms with Gasteiger partial charge in [0.1, 0.15) is 4.88 Å². The van der Waals surface area contributed by atoms with E-state index in [0.717, 1.165) is 10.1 Å². The Morgan fingerprint density at radius 3 is 3.08 bits per heavy atom. The van der Waals surface area contributed by atoms with Crippen molar-refractivity contribution in [1.29, 1.82) is 0 Å². The number of nitrogens with zero attached hydrogens (tertiary/aromatic N) is 1. The van der Waals surface area contributed by atoms with Crippen LogP contribution in [0, 0.1) is 0 Å². The molecule has 0 spiro atoms. The lowest BCUT2D eigenvalue weighted by Gasteiger charge is -1.89. The summed E-state index contributed by atoms with van der Waals surface area (Å²) in [6.07, 6.45) is 1.37. The number of aromatic nitrogens is 1. The van der Waals surface area contributed by atoms with Crippen LogP contribution in [0.25, 0.3) is 0 Å². The average molecular weight is 204 g/mol. The Balaban J connectivity index is 2.58. The van der Waals surface area contributed by atoms with E-state index in [1.165, 1.54) is 29.3 Å². The van der Waals surface area contributed by atoms with Crippen LogP contribution < -0.4 is 5.73 Å². The lowest BCUT2D eigenvalue weighted by atomic mass is 10.6. The van der Waals surface area contributed by atoms with Crippen molar-refractivity contribution < 1.29 is 9.90 Å². The molecule has 0 aliphatic carbocycles. The molecule has 0 aromatic carbocycles. The molecule has 0 radical (unpaired) electrons. The molecule has 1 aromatic heterocycles. The van der Waals surface area contributed by atoms with Gasteiger partial charge in [0.2, 0.25) is 0 Å². The standard InChI is InChI=1S/C6H8N2O2S2/c7-1-2-11-6-8-3-4(12-6)5(9)10/h3H,1-2,7H2,(H,9,10). The first-order valence-electron chi connectivity index (χ1n) is 3.26. The number of carbonyl (C=O) groups is 1. The van der Waals surface area contributed by atoms with Crippen molar-refractivity contribution >= 4 is 29.1 Å². The van der Waals surface area contributed by atoms with Crippen LogP contribution in [0.4, 0.5) is 0 Å². The summed E-state index contributed by atoms with van der Waals surface area (Å²) < 4.78 is 0.762. The third-order valence-electron chi connectivity index (χ3n) is 1.04. The molecule has 0 aliphatic heterocycles. The zero-order chi connectivity index (χ0) is 8.97. The van der Waals surface area contributed by atoms with Gasteiger partial charge in [0.15, 0.2) is 4.34 Å². The fourth-order valence-electron chi connectivity index (χ4n) is 0.570. The fraction of sp³-hybridized carbons (Fsp3) is 0.333. The lowest BCUT2D eigenvalue weighted by Crippen LogP contribution is -2.00. The predicted octanol–water partition coefficient (Wildman–Crippen LogP) is 0.892. The van der Waals surface area contributed by atoms with Crippen molar-refractivity contribution in [2.24, 2.45) is 5.73 Å². The van der Waals surface area contributed by atoms with Gasteiger partial charge in [-0.1, -0.05) is 11.8 Å². The van der Waals surface area contributed by atoms with Crippen LogP contribution in [0.3, 0.4) is 0 Å². The minimum absolute atomic E-state index is 0.273. The second kappa shape index (κ2) is 4.44. The molecule has 3 N–H and O–H groups in total. The van der Waals surface area contributed by atoms with Crippen LogP contribution >= 0.6 is 23.1 Å². The van der Waals surface area contributed by atoms with Gasteiger partial charge >= 0.3 is 5.97 Å². The maximum Gasteiger partial charge on any atom is 0.347 e. The van der Waals surface area contributed by atoms with Crippen molar-refractivity contribution in [3.63, 3.8) is 0 Å². The van der Waals surface area contributed by atoms with Crippen LogP contribution in [0.2, 0.25) is 0 Å². The van der Waals surface area contributed by atoms with Crippen molar-refractivity contribution in [3.05, 3.63) is 11.1 Å². The quantitative estimate of drug-likeness (QED) is 0.712. The van der Waals surface area contributed by atoms with E-state index in [2.05, 4.69) is 4.98 Å². The van der Waals surface area contributed by atoms with Gasteiger partial charge in [0.25, 0.3) is 0 Å². The zero-order valence-corrected chi connectivity index (χ0v) is 7.82. The van der Waals surface area contributed by atoms with Gasteiger partial charge < -0.3 is 10.8 Å². The molecule has 1 heterocycles. The van der Waals surface area contributed by atoms with Crippen molar-refractivity contribution in [2.45, 2.75) is 4.34 Å². The molecule has 6 heteroatoms. The van der Waals surface area contributed by atoms with Gasteiger partial charge in [-0.3, -0.25) is 0 Å². The molecule has 0 amide bonds. The summed E-state index contributed by atoms with van der Waals surface area (Å²) in [7, 11) is 0. The van der Waals surface area contributed by atoms with E-state index in [9.17, 15) is 4.79 Å². The molecule has 1 aromatic rings. The average Bonchev–Trinajstić information content (AvgIpc) is 2.48. The summed E-state index contributed by atoms with van der Waals surface area (Å²) in [5, 5.41) is 8.56. The summed E-state index contributed by atoms with van der Waals surface area (Å²) in [5.74, 6) is -0.154. The number of rotatable bonds is 4. The first kappa shape index (κ1) is 9.50. The minimum atomic E-state index is -0.924. The van der Waals surface area contributed by atoms with Gasteiger partial charge in [0, 0.05) is 12.3 Å². The molecular formula is C6H8N2O2S2. The normalized spacial score (nSPS) is 10.1. The maximum absolute atomic E-state index is 10.4. The Labute approximate surface area is 77.8 Å². The molecule has 0 aliphatic rings. The Morgan fingerprint density at radius 2 is 2.58 bits per heavy atom. The number of hydrogen-bond acceptors (Lipinski definition) is 5. The van der Waals surface area contributed by atoms with E-state index in [0.29, 0.717) is 6.54 Å². The molecule has 0 saturated carbocycles. The monoisotopic (exact) mass is 204 g/mol. The molecule has 0 bridgehead atoms. The molecule has 0 atom stereocenters. The van der Waals surface area contributed by atoms with Crippen LogP contribution in [0.1, 0.15) is 9.67 Å². The highest BCUT2D eigenvalue weighted by atomic mass is 32.2. The van der Waals surface area contributed by atoms with Crippen molar-refractivity contribution in [1.82, 2.24) is 4.98 Å². The minimum Gasteiger partial charge on any atom is -0.477 e. The van der Waals surface area contributed by atoms with Gasteiger partial charge in [-0.2, -0.15) is 0 Å². The highest BCUT2D eigenvalue weighted by molar-refractivity contribution is 8.01. The summed E-state index contributed by atoms with van der Waals surface area (Å²) in [6, 6.07) is 0. The molecule has 66 valence electrons. The van der Waals surface area contributed by atoms with Crippen LogP contribution in [-0.2, 0) is 0 Å². The summed E-state index contributed by atoms with van der Waals surface area (Å²) in [6.45, 7) is 0.576. The SMILES string of the molecule is NCCSc1ncc(C(=O)O)s1. The first-order valence-corrected chi connectivity index (χ1v) is 5.06. The van der Waals surface area contributed by atoms with E-state index in [4.69, 9.17) is 10.8 Å². The second-order valence-corrected chi connectivity index (χ2v) is 4.31. The predicted molar refractivity (Wildman–Crippen MR) is 48.9 cm³/mol. The molecule has 4 nitrogen and oxygen atoms in total. The van der Waals surface area contributed by atoms with Gasteiger partial charge in [0.05, 0.1) is 6.20 Å². The number of carboxylic acid groups (broad SMARTS) is 1. The zero-order valence-electron chi connectivity index (χ0n) is 6.19. The number of nitrogens with two attached hydrogens (primary N) is 1. The number of thioether (sulfide) groups is 1. The molecule has 0 unspecified atom stereocenters. The molecule has 12 heavy (non-hydrogen) atoms. The number of hydrogen-bond donors (Lipinski definition) is 2. The summed E-state index contributed by atoms with van der Waals surface area (Å²) in [5.41, 5.74) is 5.28. The highest BCUT2D eigenvalue weighted by Crippen LogP contribution is 2.23. The number of aromatic carboxylic acids is 1. The second-order valence-electron chi connectivity index (χ2n) is 1.93. The largest absolute Gasteiger partial charge is 0.477 e. The van der Waals surface area contributed by atoms with E-state index >= 15 is 0 Å².